The fraction of sp³-hybridized carbons (Fsp3) is 0.0870. The summed E-state index contributed by atoms with van der Waals surface area (Å²) in [4.78, 5) is 4.45. The number of hydrogen-bond acceptors (Lipinski definition) is 5. The highest BCUT2D eigenvalue weighted by Crippen LogP contribution is 2.35. The quantitative estimate of drug-likeness (QED) is 0.306. The Bertz CT molecular complexity index is 1290. The van der Waals surface area contributed by atoms with E-state index >= 15 is 0 Å². The van der Waals surface area contributed by atoms with Gasteiger partial charge in [-0.15, -0.1) is 0 Å². The van der Waals surface area contributed by atoms with Gasteiger partial charge in [-0.05, 0) is 61.0 Å². The molecule has 0 saturated heterocycles. The molecule has 0 aliphatic carbocycles. The van der Waals surface area contributed by atoms with Gasteiger partial charge in [0.15, 0.2) is 0 Å². The Kier molecular flexibility index (Phi) is 6.18. The Morgan fingerprint density at radius 1 is 0.968 bits per heavy atom. The zero-order valence-electron chi connectivity index (χ0n) is 16.4. The van der Waals surface area contributed by atoms with Gasteiger partial charge in [0.2, 0.25) is 26.6 Å². The molecule has 1 heterocycles. The topological polar surface area (TPSA) is 72.2 Å². The minimum atomic E-state index is -3.94. The smallest absolute Gasteiger partial charge is 0.234 e. The van der Waals surface area contributed by atoms with Crippen LogP contribution >= 0.6 is 27.5 Å². The molecular weight excluding hydrogens is 500 g/mol. The average Bonchev–Trinajstić information content (AvgIpc) is 3.20. The van der Waals surface area contributed by atoms with Crippen molar-refractivity contribution in [3.05, 3.63) is 93.9 Å². The highest BCUT2D eigenvalue weighted by Gasteiger charge is 2.29. The first-order valence-electron chi connectivity index (χ1n) is 9.43. The summed E-state index contributed by atoms with van der Waals surface area (Å²) in [6.45, 7) is 1.93. The molecule has 0 radical (unpaired) electrons. The van der Waals surface area contributed by atoms with Crippen molar-refractivity contribution in [2.24, 2.45) is 0 Å². The van der Waals surface area contributed by atoms with Gasteiger partial charge in [0.25, 0.3) is 0 Å². The van der Waals surface area contributed by atoms with E-state index in [1.54, 1.807) is 12.1 Å². The lowest BCUT2D eigenvalue weighted by Crippen LogP contribution is -2.10. The first-order chi connectivity index (χ1) is 14.8. The number of sulfone groups is 1. The molecule has 8 heteroatoms. The van der Waals surface area contributed by atoms with Gasteiger partial charge < -0.3 is 9.73 Å². The molecule has 4 rings (SSSR count). The van der Waals surface area contributed by atoms with E-state index in [4.69, 9.17) is 16.0 Å². The molecule has 1 N–H and O–H groups in total. The van der Waals surface area contributed by atoms with Crippen molar-refractivity contribution in [3.63, 3.8) is 0 Å². The van der Waals surface area contributed by atoms with E-state index in [-0.39, 0.29) is 27.7 Å². The number of halogens is 2. The highest BCUT2D eigenvalue weighted by atomic mass is 79.9. The van der Waals surface area contributed by atoms with E-state index in [9.17, 15) is 8.42 Å². The third-order valence-corrected chi connectivity index (χ3v) is 7.17. The van der Waals surface area contributed by atoms with Crippen LogP contribution in [0.25, 0.3) is 11.5 Å². The maximum absolute atomic E-state index is 13.4. The summed E-state index contributed by atoms with van der Waals surface area (Å²) in [6, 6.07) is 22.7. The predicted molar refractivity (Wildman–Crippen MR) is 125 cm³/mol. The average molecular weight is 518 g/mol. The minimum absolute atomic E-state index is 0.0861. The summed E-state index contributed by atoms with van der Waals surface area (Å²) < 4.78 is 33.6. The van der Waals surface area contributed by atoms with Crippen LogP contribution in [0.3, 0.4) is 0 Å². The summed E-state index contributed by atoms with van der Waals surface area (Å²) in [5.74, 6) is 0.298. The normalized spacial score (nSPS) is 12.5. The number of oxazole rings is 1. The van der Waals surface area contributed by atoms with E-state index in [1.807, 2.05) is 49.4 Å². The molecule has 158 valence electrons. The Balaban J connectivity index is 1.80. The number of anilines is 1. The van der Waals surface area contributed by atoms with Gasteiger partial charge in [-0.25, -0.2) is 8.42 Å². The van der Waals surface area contributed by atoms with Crippen molar-refractivity contribution < 1.29 is 12.8 Å². The first kappa shape index (κ1) is 21.6. The molecule has 0 amide bonds. The molecular formula is C23H18BrClN2O3S. The molecule has 0 fully saturated rings. The van der Waals surface area contributed by atoms with Gasteiger partial charge in [0.05, 0.1) is 10.9 Å². The van der Waals surface area contributed by atoms with Crippen LogP contribution < -0.4 is 5.32 Å². The molecule has 1 aromatic heterocycles. The lowest BCUT2D eigenvalue weighted by Gasteiger charge is -2.14. The molecule has 0 aliphatic heterocycles. The SMILES string of the molecule is CC(Nc1oc(-c2ccc(Br)cc2)nc1S(=O)(=O)c1ccc(Cl)cc1)c1ccccc1. The van der Waals surface area contributed by atoms with Crippen LogP contribution in [-0.2, 0) is 9.84 Å². The van der Waals surface area contributed by atoms with Crippen LogP contribution in [0, 0.1) is 0 Å². The van der Waals surface area contributed by atoms with Crippen LogP contribution in [0.2, 0.25) is 5.02 Å². The van der Waals surface area contributed by atoms with Gasteiger partial charge in [-0.2, -0.15) is 4.98 Å². The molecule has 31 heavy (non-hydrogen) atoms. The van der Waals surface area contributed by atoms with Crippen LogP contribution in [0.4, 0.5) is 5.88 Å². The molecule has 0 spiro atoms. The zero-order valence-corrected chi connectivity index (χ0v) is 19.6. The second-order valence-corrected chi connectivity index (χ2v) is 10.1. The van der Waals surface area contributed by atoms with Gasteiger partial charge in [0, 0.05) is 15.1 Å². The van der Waals surface area contributed by atoms with E-state index in [0.717, 1.165) is 10.0 Å². The summed E-state index contributed by atoms with van der Waals surface area (Å²) in [6.07, 6.45) is 0. The van der Waals surface area contributed by atoms with Crippen LogP contribution in [0.5, 0.6) is 0 Å². The summed E-state index contributed by atoms with van der Waals surface area (Å²) in [5, 5.41) is 3.45. The van der Waals surface area contributed by atoms with Gasteiger partial charge >= 0.3 is 0 Å². The predicted octanol–water partition coefficient (Wildman–Crippen LogP) is 6.76. The van der Waals surface area contributed by atoms with Crippen LogP contribution in [0.15, 0.2) is 97.7 Å². The maximum Gasteiger partial charge on any atom is 0.234 e. The van der Waals surface area contributed by atoms with Gasteiger partial charge in [-0.1, -0.05) is 57.9 Å². The molecule has 5 nitrogen and oxygen atoms in total. The maximum atomic E-state index is 13.4. The van der Waals surface area contributed by atoms with E-state index in [1.165, 1.54) is 24.3 Å². The van der Waals surface area contributed by atoms with E-state index < -0.39 is 9.84 Å². The van der Waals surface area contributed by atoms with Crippen molar-refractivity contribution >= 4 is 43.3 Å². The Hall–Kier alpha value is -2.61. The monoisotopic (exact) mass is 516 g/mol. The molecule has 4 aromatic rings. The number of nitrogens with zero attached hydrogens (tertiary/aromatic N) is 1. The number of benzene rings is 3. The van der Waals surface area contributed by atoms with E-state index in [2.05, 4.69) is 26.2 Å². The van der Waals surface area contributed by atoms with Crippen LogP contribution in [-0.4, -0.2) is 13.4 Å². The number of nitrogens with one attached hydrogen (secondary N) is 1. The van der Waals surface area contributed by atoms with Gasteiger partial charge in [-0.3, -0.25) is 0 Å². The lowest BCUT2D eigenvalue weighted by molar-refractivity contribution is 0.570. The Morgan fingerprint density at radius 2 is 1.61 bits per heavy atom. The minimum Gasteiger partial charge on any atom is -0.419 e. The van der Waals surface area contributed by atoms with Crippen molar-refractivity contribution in [1.82, 2.24) is 4.98 Å². The largest absolute Gasteiger partial charge is 0.419 e. The van der Waals surface area contributed by atoms with Gasteiger partial charge in [0.1, 0.15) is 0 Å². The summed E-state index contributed by atoms with van der Waals surface area (Å²) in [5.41, 5.74) is 1.65. The fourth-order valence-corrected chi connectivity index (χ4v) is 4.70. The standard InChI is InChI=1S/C23H18BrClN2O3S/c1-15(16-5-3-2-4-6-16)26-22-23(31(28,29)20-13-11-19(25)12-14-20)27-21(30-22)17-7-9-18(24)10-8-17/h2-15,26H,1H3. The van der Waals surface area contributed by atoms with Crippen molar-refractivity contribution in [2.45, 2.75) is 22.9 Å². The van der Waals surface area contributed by atoms with Crippen molar-refractivity contribution in [1.29, 1.82) is 0 Å². The fourth-order valence-electron chi connectivity index (χ4n) is 3.04. The second kappa shape index (κ2) is 8.86. The molecule has 0 bridgehead atoms. The molecule has 1 atom stereocenters. The molecule has 0 saturated carbocycles. The Morgan fingerprint density at radius 3 is 2.26 bits per heavy atom. The third-order valence-electron chi connectivity index (χ3n) is 4.71. The second-order valence-electron chi connectivity index (χ2n) is 6.89. The molecule has 1 unspecified atom stereocenters. The van der Waals surface area contributed by atoms with Crippen LogP contribution in [0.1, 0.15) is 18.5 Å². The van der Waals surface area contributed by atoms with E-state index in [0.29, 0.717) is 10.6 Å². The molecule has 0 aliphatic rings. The highest BCUT2D eigenvalue weighted by molar-refractivity contribution is 9.10. The van der Waals surface area contributed by atoms with Crippen molar-refractivity contribution in [3.8, 4) is 11.5 Å². The summed E-state index contributed by atoms with van der Waals surface area (Å²) >= 11 is 9.32. The lowest BCUT2D eigenvalue weighted by atomic mass is 10.1. The Labute approximate surface area is 194 Å². The number of aromatic nitrogens is 1. The zero-order chi connectivity index (χ0) is 22.0. The summed E-state index contributed by atoms with van der Waals surface area (Å²) in [7, 11) is -3.94. The number of hydrogen-bond donors (Lipinski definition) is 1. The first-order valence-corrected chi connectivity index (χ1v) is 12.1. The van der Waals surface area contributed by atoms with Crippen molar-refractivity contribution in [2.75, 3.05) is 5.32 Å². The number of rotatable bonds is 6. The third kappa shape index (κ3) is 4.69. The molecule has 3 aromatic carbocycles.